The van der Waals surface area contributed by atoms with E-state index in [0.29, 0.717) is 5.13 Å². The lowest BCUT2D eigenvalue weighted by Gasteiger charge is -1.98. The van der Waals surface area contributed by atoms with Crippen LogP contribution in [0, 0.1) is 0 Å². The van der Waals surface area contributed by atoms with Crippen molar-refractivity contribution >= 4 is 54.5 Å². The summed E-state index contributed by atoms with van der Waals surface area (Å²) < 4.78 is 25.1. The Kier molecular flexibility index (Phi) is 6.57. The molecule has 0 atom stereocenters. The molecule has 0 amide bonds. The SMILES string of the molecule is Nc1ncc(S(=O)(=O)c2ccncc2)s1.Nc1ncc(Sc2ccncc2)s1. The number of nitrogens with zero attached hydrogens (tertiary/aromatic N) is 4. The van der Waals surface area contributed by atoms with Crippen LogP contribution < -0.4 is 11.5 Å². The molecule has 0 bridgehead atoms. The first kappa shape index (κ1) is 20.2. The molecule has 4 heterocycles. The van der Waals surface area contributed by atoms with Gasteiger partial charge in [-0.25, -0.2) is 18.4 Å². The minimum absolute atomic E-state index is 0.145. The summed E-state index contributed by atoms with van der Waals surface area (Å²) in [6, 6.07) is 6.79. The third-order valence-corrected chi connectivity index (χ3v) is 8.09. The summed E-state index contributed by atoms with van der Waals surface area (Å²) in [5.74, 6) is 0. The van der Waals surface area contributed by atoms with Crippen molar-refractivity contribution < 1.29 is 8.42 Å². The Hall–Kier alpha value is -2.54. The van der Waals surface area contributed by atoms with Crippen LogP contribution in [0.3, 0.4) is 0 Å². The number of aromatic nitrogens is 4. The van der Waals surface area contributed by atoms with Crippen LogP contribution in [0.25, 0.3) is 0 Å². The number of thiazole rings is 2. The largest absolute Gasteiger partial charge is 0.375 e. The molecule has 0 saturated carbocycles. The fourth-order valence-corrected chi connectivity index (χ4v) is 5.90. The van der Waals surface area contributed by atoms with Crippen molar-refractivity contribution in [3.8, 4) is 0 Å². The molecular formula is C16H14N6O2S4. The minimum Gasteiger partial charge on any atom is -0.375 e. The predicted octanol–water partition coefficient (Wildman–Crippen LogP) is 3.22. The average molecular weight is 451 g/mol. The number of nitrogen functional groups attached to an aromatic ring is 2. The van der Waals surface area contributed by atoms with Gasteiger partial charge in [-0.05, 0) is 24.3 Å². The first-order valence-electron chi connectivity index (χ1n) is 7.61. The lowest BCUT2D eigenvalue weighted by Crippen LogP contribution is -1.99. The van der Waals surface area contributed by atoms with Gasteiger partial charge >= 0.3 is 0 Å². The number of anilines is 2. The molecule has 0 aliphatic rings. The smallest absolute Gasteiger partial charge is 0.217 e. The number of rotatable bonds is 4. The van der Waals surface area contributed by atoms with E-state index in [0.717, 1.165) is 20.4 Å². The van der Waals surface area contributed by atoms with Crippen LogP contribution in [-0.4, -0.2) is 28.4 Å². The van der Waals surface area contributed by atoms with Gasteiger partial charge in [0.1, 0.15) is 4.21 Å². The van der Waals surface area contributed by atoms with Crippen molar-refractivity contribution in [2.24, 2.45) is 0 Å². The molecule has 0 radical (unpaired) electrons. The normalized spacial score (nSPS) is 10.9. The number of nitrogens with two attached hydrogens (primary N) is 2. The van der Waals surface area contributed by atoms with Crippen molar-refractivity contribution in [1.29, 1.82) is 0 Å². The topological polar surface area (TPSA) is 138 Å². The second-order valence-electron chi connectivity index (χ2n) is 5.01. The number of hydrogen-bond acceptors (Lipinski definition) is 11. The minimum atomic E-state index is -3.48. The summed E-state index contributed by atoms with van der Waals surface area (Å²) in [6.07, 6.45) is 9.44. The number of pyridine rings is 2. The highest BCUT2D eigenvalue weighted by atomic mass is 32.2. The average Bonchev–Trinajstić information content (AvgIpc) is 3.32. The quantitative estimate of drug-likeness (QED) is 0.480. The van der Waals surface area contributed by atoms with Crippen molar-refractivity contribution in [2.45, 2.75) is 18.2 Å². The Morgan fingerprint density at radius 3 is 1.93 bits per heavy atom. The highest BCUT2D eigenvalue weighted by molar-refractivity contribution is 8.01. The summed E-state index contributed by atoms with van der Waals surface area (Å²) in [5.41, 5.74) is 10.9. The highest BCUT2D eigenvalue weighted by Gasteiger charge is 2.19. The molecule has 0 aromatic carbocycles. The standard InChI is InChI=1S/C8H7N3O2S2.C8H7N3S2/c9-8-11-5-7(14-8)15(12,13)6-1-3-10-4-2-6;9-8-11-5-7(13-8)12-6-1-3-10-4-2-6/h1-5H,(H2,9,11);1-5H,(H2,9,11). The first-order chi connectivity index (χ1) is 13.4. The van der Waals surface area contributed by atoms with Gasteiger partial charge in [0, 0.05) is 29.7 Å². The van der Waals surface area contributed by atoms with Gasteiger partial charge in [0.05, 0.1) is 21.5 Å². The zero-order valence-electron chi connectivity index (χ0n) is 14.2. The lowest BCUT2D eigenvalue weighted by molar-refractivity contribution is 0.597. The zero-order chi connectivity index (χ0) is 20.0. The summed E-state index contributed by atoms with van der Waals surface area (Å²) >= 11 is 4.08. The second kappa shape index (κ2) is 9.10. The fourth-order valence-electron chi connectivity index (χ4n) is 1.87. The highest BCUT2D eigenvalue weighted by Crippen LogP contribution is 2.32. The van der Waals surface area contributed by atoms with E-state index in [1.807, 2.05) is 12.1 Å². The Labute approximate surface area is 173 Å². The lowest BCUT2D eigenvalue weighted by atomic mass is 10.5. The third-order valence-electron chi connectivity index (χ3n) is 3.10. The molecule has 12 heteroatoms. The maximum Gasteiger partial charge on any atom is 0.217 e. The third kappa shape index (κ3) is 5.25. The van der Waals surface area contributed by atoms with E-state index < -0.39 is 9.84 Å². The Balaban J connectivity index is 0.000000162. The van der Waals surface area contributed by atoms with Crippen molar-refractivity contribution in [3.05, 3.63) is 61.4 Å². The van der Waals surface area contributed by atoms with E-state index in [1.165, 1.54) is 42.1 Å². The van der Waals surface area contributed by atoms with Crippen LogP contribution in [0.4, 0.5) is 10.3 Å². The molecule has 0 spiro atoms. The molecule has 0 saturated heterocycles. The van der Waals surface area contributed by atoms with Gasteiger partial charge in [-0.1, -0.05) is 34.4 Å². The molecule has 4 rings (SSSR count). The summed E-state index contributed by atoms with van der Waals surface area (Å²) in [7, 11) is -3.48. The molecule has 0 aliphatic heterocycles. The molecule has 28 heavy (non-hydrogen) atoms. The van der Waals surface area contributed by atoms with Crippen molar-refractivity contribution in [2.75, 3.05) is 11.5 Å². The van der Waals surface area contributed by atoms with E-state index >= 15 is 0 Å². The van der Waals surface area contributed by atoms with Gasteiger partial charge in [0.15, 0.2) is 10.3 Å². The molecule has 0 unspecified atom stereocenters. The molecular weight excluding hydrogens is 436 g/mol. The summed E-state index contributed by atoms with van der Waals surface area (Å²) in [4.78, 5) is 16.7. The van der Waals surface area contributed by atoms with Gasteiger partial charge in [0.2, 0.25) is 9.84 Å². The molecule has 0 fully saturated rings. The van der Waals surface area contributed by atoms with Gasteiger partial charge in [-0.15, -0.1) is 0 Å². The summed E-state index contributed by atoms with van der Waals surface area (Å²) in [6.45, 7) is 0. The Bertz CT molecular complexity index is 1130. The predicted molar refractivity (Wildman–Crippen MR) is 111 cm³/mol. The van der Waals surface area contributed by atoms with Crippen molar-refractivity contribution in [3.63, 3.8) is 0 Å². The van der Waals surface area contributed by atoms with E-state index in [-0.39, 0.29) is 14.2 Å². The Morgan fingerprint density at radius 2 is 1.39 bits per heavy atom. The molecule has 4 N–H and O–H groups in total. The van der Waals surface area contributed by atoms with Gasteiger partial charge in [0.25, 0.3) is 0 Å². The monoisotopic (exact) mass is 450 g/mol. The van der Waals surface area contributed by atoms with Gasteiger partial charge in [-0.3, -0.25) is 9.97 Å². The van der Waals surface area contributed by atoms with Crippen LogP contribution in [0.2, 0.25) is 0 Å². The summed E-state index contributed by atoms with van der Waals surface area (Å²) in [5, 5.41) is 0.846. The first-order valence-corrected chi connectivity index (χ1v) is 11.5. The number of hydrogen-bond donors (Lipinski definition) is 2. The fraction of sp³-hybridized carbons (Fsp3) is 0. The van der Waals surface area contributed by atoms with E-state index in [2.05, 4.69) is 19.9 Å². The van der Waals surface area contributed by atoms with Gasteiger partial charge < -0.3 is 11.5 Å². The van der Waals surface area contributed by atoms with E-state index in [1.54, 1.807) is 30.4 Å². The zero-order valence-corrected chi connectivity index (χ0v) is 17.4. The van der Waals surface area contributed by atoms with E-state index in [4.69, 9.17) is 11.5 Å². The van der Waals surface area contributed by atoms with Crippen LogP contribution in [-0.2, 0) is 9.84 Å². The molecule has 4 aromatic heterocycles. The second-order valence-corrected chi connectivity index (χ2v) is 10.7. The molecule has 144 valence electrons. The number of sulfone groups is 1. The van der Waals surface area contributed by atoms with Crippen LogP contribution >= 0.6 is 34.4 Å². The van der Waals surface area contributed by atoms with Crippen LogP contribution in [0.15, 0.2) is 79.7 Å². The maximum atomic E-state index is 11.9. The van der Waals surface area contributed by atoms with Crippen LogP contribution in [0.1, 0.15) is 0 Å². The van der Waals surface area contributed by atoms with Gasteiger partial charge in [-0.2, -0.15) is 0 Å². The molecule has 4 aromatic rings. The van der Waals surface area contributed by atoms with Crippen molar-refractivity contribution in [1.82, 2.24) is 19.9 Å². The maximum absolute atomic E-state index is 11.9. The molecule has 8 nitrogen and oxygen atoms in total. The van der Waals surface area contributed by atoms with Crippen LogP contribution in [0.5, 0.6) is 0 Å². The molecule has 0 aliphatic carbocycles. The van der Waals surface area contributed by atoms with E-state index in [9.17, 15) is 8.42 Å². The Morgan fingerprint density at radius 1 is 0.821 bits per heavy atom.